The lowest BCUT2D eigenvalue weighted by Crippen LogP contribution is -2.14. The summed E-state index contributed by atoms with van der Waals surface area (Å²) in [5, 5.41) is 3.59. The predicted octanol–water partition coefficient (Wildman–Crippen LogP) is 3.46. The number of nitrogens with one attached hydrogen (secondary N) is 1. The fraction of sp³-hybridized carbons (Fsp3) is 0.385. The molecule has 94 valence electrons. The van der Waals surface area contributed by atoms with E-state index < -0.39 is 0 Å². The molecule has 1 aromatic rings. The third-order valence-electron chi connectivity index (χ3n) is 2.08. The summed E-state index contributed by atoms with van der Waals surface area (Å²) in [6, 6.07) is 4.62. The SMILES string of the molecule is C=C(Cl)COc1cc(F)cc(CNCCC)c1. The van der Waals surface area contributed by atoms with Gasteiger partial charge in [0, 0.05) is 17.6 Å². The van der Waals surface area contributed by atoms with Crippen LogP contribution in [0.3, 0.4) is 0 Å². The topological polar surface area (TPSA) is 21.3 Å². The average molecular weight is 258 g/mol. The molecule has 0 aliphatic rings. The molecule has 2 nitrogen and oxygen atoms in total. The number of ether oxygens (including phenoxy) is 1. The van der Waals surface area contributed by atoms with Crippen molar-refractivity contribution in [1.82, 2.24) is 5.32 Å². The van der Waals surface area contributed by atoms with Crippen molar-refractivity contribution < 1.29 is 9.13 Å². The Balaban J connectivity index is 2.62. The second-order valence-electron chi connectivity index (χ2n) is 3.78. The van der Waals surface area contributed by atoms with Crippen LogP contribution in [0.2, 0.25) is 0 Å². The lowest BCUT2D eigenvalue weighted by molar-refractivity contribution is 0.356. The molecule has 0 aliphatic heterocycles. The summed E-state index contributed by atoms with van der Waals surface area (Å²) in [6.07, 6.45) is 1.05. The van der Waals surface area contributed by atoms with Crippen LogP contribution in [-0.4, -0.2) is 13.2 Å². The summed E-state index contributed by atoms with van der Waals surface area (Å²) < 4.78 is 18.6. The van der Waals surface area contributed by atoms with Crippen molar-refractivity contribution in [3.8, 4) is 5.75 Å². The smallest absolute Gasteiger partial charge is 0.127 e. The van der Waals surface area contributed by atoms with Gasteiger partial charge in [-0.1, -0.05) is 25.1 Å². The van der Waals surface area contributed by atoms with Gasteiger partial charge in [0.2, 0.25) is 0 Å². The lowest BCUT2D eigenvalue weighted by Gasteiger charge is -2.08. The number of hydrogen-bond donors (Lipinski definition) is 1. The first kappa shape index (κ1) is 14.0. The van der Waals surface area contributed by atoms with Gasteiger partial charge in [-0.3, -0.25) is 0 Å². The van der Waals surface area contributed by atoms with E-state index in [4.69, 9.17) is 16.3 Å². The Morgan fingerprint density at radius 3 is 2.88 bits per heavy atom. The van der Waals surface area contributed by atoms with E-state index in [-0.39, 0.29) is 12.4 Å². The highest BCUT2D eigenvalue weighted by Crippen LogP contribution is 2.17. The van der Waals surface area contributed by atoms with Crippen molar-refractivity contribution in [1.29, 1.82) is 0 Å². The molecule has 0 fully saturated rings. The molecule has 0 amide bonds. The molecule has 17 heavy (non-hydrogen) atoms. The molecule has 1 rings (SSSR count). The Hall–Kier alpha value is -1.06. The maximum Gasteiger partial charge on any atom is 0.127 e. The van der Waals surface area contributed by atoms with Gasteiger partial charge in [0.1, 0.15) is 18.2 Å². The van der Waals surface area contributed by atoms with Crippen molar-refractivity contribution in [3.63, 3.8) is 0 Å². The van der Waals surface area contributed by atoms with Crippen molar-refractivity contribution in [2.75, 3.05) is 13.2 Å². The molecule has 0 atom stereocenters. The minimum atomic E-state index is -0.309. The van der Waals surface area contributed by atoms with Crippen LogP contribution in [0.5, 0.6) is 5.75 Å². The second-order valence-corrected chi connectivity index (χ2v) is 4.31. The molecule has 0 saturated carbocycles. The number of hydrogen-bond acceptors (Lipinski definition) is 2. The van der Waals surface area contributed by atoms with Crippen LogP contribution in [0, 0.1) is 5.82 Å². The molecular formula is C13H17ClFNO. The summed E-state index contributed by atoms with van der Waals surface area (Å²) >= 11 is 5.58. The van der Waals surface area contributed by atoms with Crippen LogP contribution in [0.4, 0.5) is 4.39 Å². The van der Waals surface area contributed by atoms with E-state index in [2.05, 4.69) is 18.8 Å². The van der Waals surface area contributed by atoms with Gasteiger partial charge in [0.15, 0.2) is 0 Å². The predicted molar refractivity (Wildman–Crippen MR) is 68.9 cm³/mol. The monoisotopic (exact) mass is 257 g/mol. The van der Waals surface area contributed by atoms with Crippen molar-refractivity contribution in [2.24, 2.45) is 0 Å². The minimum Gasteiger partial charge on any atom is -0.488 e. The first-order valence-corrected chi connectivity index (χ1v) is 5.96. The van der Waals surface area contributed by atoms with E-state index in [1.807, 2.05) is 0 Å². The molecule has 0 unspecified atom stereocenters. The molecule has 0 aromatic heterocycles. The highest BCUT2D eigenvalue weighted by Gasteiger charge is 2.02. The van der Waals surface area contributed by atoms with Crippen molar-refractivity contribution in [2.45, 2.75) is 19.9 Å². The van der Waals surface area contributed by atoms with Crippen LogP contribution >= 0.6 is 11.6 Å². The highest BCUT2D eigenvalue weighted by atomic mass is 35.5. The molecule has 0 bridgehead atoms. The van der Waals surface area contributed by atoms with Crippen LogP contribution in [-0.2, 0) is 6.54 Å². The molecule has 0 saturated heterocycles. The lowest BCUT2D eigenvalue weighted by atomic mass is 10.2. The Morgan fingerprint density at radius 1 is 1.47 bits per heavy atom. The Labute approximate surface area is 106 Å². The van der Waals surface area contributed by atoms with E-state index in [0.29, 0.717) is 17.3 Å². The standard InChI is InChI=1S/C13H17ClFNO/c1-3-4-16-8-11-5-12(15)7-13(6-11)17-9-10(2)14/h5-7,16H,2-4,8-9H2,1H3. The average Bonchev–Trinajstić information content (AvgIpc) is 2.26. The molecular weight excluding hydrogens is 241 g/mol. The largest absolute Gasteiger partial charge is 0.488 e. The van der Waals surface area contributed by atoms with Gasteiger partial charge >= 0.3 is 0 Å². The van der Waals surface area contributed by atoms with Crippen LogP contribution in [0.25, 0.3) is 0 Å². The van der Waals surface area contributed by atoms with Crippen molar-refractivity contribution >= 4 is 11.6 Å². The van der Waals surface area contributed by atoms with Crippen molar-refractivity contribution in [3.05, 3.63) is 41.2 Å². The highest BCUT2D eigenvalue weighted by molar-refractivity contribution is 6.29. The van der Waals surface area contributed by atoms with Crippen LogP contribution < -0.4 is 10.1 Å². The van der Waals surface area contributed by atoms with E-state index in [1.165, 1.54) is 12.1 Å². The second kappa shape index (κ2) is 7.30. The fourth-order valence-corrected chi connectivity index (χ4v) is 1.43. The van der Waals surface area contributed by atoms with Gasteiger partial charge in [-0.05, 0) is 30.7 Å². The van der Waals surface area contributed by atoms with E-state index in [0.717, 1.165) is 18.5 Å². The fourth-order valence-electron chi connectivity index (χ4n) is 1.38. The van der Waals surface area contributed by atoms with E-state index >= 15 is 0 Å². The Kier molecular flexibility index (Phi) is 6.01. The summed E-state index contributed by atoms with van der Waals surface area (Å²) in [6.45, 7) is 7.32. The summed E-state index contributed by atoms with van der Waals surface area (Å²) in [5.41, 5.74) is 0.855. The zero-order chi connectivity index (χ0) is 12.7. The maximum atomic E-state index is 13.3. The third-order valence-corrected chi connectivity index (χ3v) is 2.19. The molecule has 1 aromatic carbocycles. The van der Waals surface area contributed by atoms with E-state index in [1.54, 1.807) is 6.07 Å². The van der Waals surface area contributed by atoms with Crippen LogP contribution in [0.1, 0.15) is 18.9 Å². The molecule has 0 heterocycles. The maximum absolute atomic E-state index is 13.3. The van der Waals surface area contributed by atoms with Gasteiger partial charge in [0.25, 0.3) is 0 Å². The summed E-state index contributed by atoms with van der Waals surface area (Å²) in [7, 11) is 0. The zero-order valence-electron chi connectivity index (χ0n) is 9.93. The zero-order valence-corrected chi connectivity index (χ0v) is 10.7. The molecule has 0 radical (unpaired) electrons. The molecule has 4 heteroatoms. The minimum absolute atomic E-state index is 0.187. The molecule has 0 aliphatic carbocycles. The molecule has 0 spiro atoms. The quantitative estimate of drug-likeness (QED) is 0.756. The van der Waals surface area contributed by atoms with Crippen LogP contribution in [0.15, 0.2) is 29.8 Å². The number of rotatable bonds is 7. The van der Waals surface area contributed by atoms with Gasteiger partial charge in [0.05, 0.1) is 0 Å². The number of benzene rings is 1. The Bertz CT molecular complexity index is 382. The first-order valence-electron chi connectivity index (χ1n) is 5.58. The van der Waals surface area contributed by atoms with E-state index in [9.17, 15) is 4.39 Å². The number of halogens is 2. The molecule has 1 N–H and O–H groups in total. The normalized spacial score (nSPS) is 10.3. The van der Waals surface area contributed by atoms with Gasteiger partial charge in [-0.15, -0.1) is 0 Å². The third kappa shape index (κ3) is 5.71. The summed E-state index contributed by atoms with van der Waals surface area (Å²) in [5.74, 6) is 0.163. The van der Waals surface area contributed by atoms with Gasteiger partial charge in [-0.25, -0.2) is 4.39 Å². The summed E-state index contributed by atoms with van der Waals surface area (Å²) in [4.78, 5) is 0. The Morgan fingerprint density at radius 2 is 2.24 bits per heavy atom. The first-order chi connectivity index (χ1) is 8.11. The van der Waals surface area contributed by atoms with Gasteiger partial charge in [-0.2, -0.15) is 0 Å². The van der Waals surface area contributed by atoms with Gasteiger partial charge < -0.3 is 10.1 Å².